The first-order valence-corrected chi connectivity index (χ1v) is 7.76. The molecule has 0 saturated carbocycles. The normalized spacial score (nSPS) is 19.0. The summed E-state index contributed by atoms with van der Waals surface area (Å²) in [4.78, 5) is 22.7. The number of benzene rings is 1. The molecule has 2 amide bonds. The molecule has 0 aromatic heterocycles. The summed E-state index contributed by atoms with van der Waals surface area (Å²) in [6, 6.07) is 4.89. The van der Waals surface area contributed by atoms with Crippen molar-refractivity contribution in [3.05, 3.63) is 24.3 Å². The highest BCUT2D eigenvalue weighted by atomic mass is 32.2. The number of hydrogen-bond donors (Lipinski definition) is 3. The van der Waals surface area contributed by atoms with E-state index >= 15 is 0 Å². The number of thioether (sulfide) groups is 1. The van der Waals surface area contributed by atoms with Gasteiger partial charge < -0.3 is 10.6 Å². The quantitative estimate of drug-likeness (QED) is 0.731. The van der Waals surface area contributed by atoms with Gasteiger partial charge in [0, 0.05) is 11.4 Å². The van der Waals surface area contributed by atoms with Crippen LogP contribution in [0.25, 0.3) is 0 Å². The van der Waals surface area contributed by atoms with E-state index in [1.165, 1.54) is 24.3 Å². The number of nitrogens with two attached hydrogens (primary N) is 1. The van der Waals surface area contributed by atoms with Gasteiger partial charge in [0.2, 0.25) is 15.9 Å². The van der Waals surface area contributed by atoms with E-state index in [2.05, 4.69) is 10.6 Å². The molecule has 19 heavy (non-hydrogen) atoms. The molecule has 1 saturated heterocycles. The molecule has 7 nitrogen and oxygen atoms in total. The van der Waals surface area contributed by atoms with Crippen molar-refractivity contribution >= 4 is 38.6 Å². The Hall–Kier alpha value is -1.58. The first kappa shape index (κ1) is 13.8. The maximum absolute atomic E-state index is 11.8. The van der Waals surface area contributed by atoms with Crippen LogP contribution in [0.15, 0.2) is 29.2 Å². The molecule has 1 aliphatic rings. The minimum absolute atomic E-state index is 0.0322. The van der Waals surface area contributed by atoms with Crippen LogP contribution in [-0.2, 0) is 14.8 Å². The number of anilines is 1. The van der Waals surface area contributed by atoms with E-state index in [0.29, 0.717) is 11.4 Å². The zero-order valence-corrected chi connectivity index (χ0v) is 11.3. The van der Waals surface area contributed by atoms with Gasteiger partial charge in [-0.25, -0.2) is 13.6 Å². The van der Waals surface area contributed by atoms with Crippen molar-refractivity contribution in [2.75, 3.05) is 11.1 Å². The van der Waals surface area contributed by atoms with Crippen LogP contribution < -0.4 is 15.8 Å². The summed E-state index contributed by atoms with van der Waals surface area (Å²) >= 11 is 1.04. The van der Waals surface area contributed by atoms with Crippen LogP contribution in [0.1, 0.15) is 0 Å². The number of nitrogens with one attached hydrogen (secondary N) is 2. The zero-order valence-electron chi connectivity index (χ0n) is 9.62. The van der Waals surface area contributed by atoms with E-state index in [0.717, 1.165) is 11.8 Å². The molecule has 1 fully saturated rings. The molecule has 102 valence electrons. The Labute approximate surface area is 114 Å². The Kier molecular flexibility index (Phi) is 3.78. The van der Waals surface area contributed by atoms with Crippen LogP contribution >= 0.6 is 11.8 Å². The Morgan fingerprint density at radius 3 is 2.47 bits per heavy atom. The van der Waals surface area contributed by atoms with Gasteiger partial charge in [-0.05, 0) is 24.3 Å². The molecule has 0 bridgehead atoms. The second-order valence-electron chi connectivity index (χ2n) is 3.85. The largest absolute Gasteiger partial charge is 0.334 e. The van der Waals surface area contributed by atoms with Crippen molar-refractivity contribution in [3.63, 3.8) is 0 Å². The highest BCUT2D eigenvalue weighted by Crippen LogP contribution is 2.16. The van der Waals surface area contributed by atoms with Crippen molar-refractivity contribution in [1.29, 1.82) is 0 Å². The summed E-state index contributed by atoms with van der Waals surface area (Å²) in [6.07, 6.45) is 0. The predicted molar refractivity (Wildman–Crippen MR) is 71.2 cm³/mol. The summed E-state index contributed by atoms with van der Waals surface area (Å²) in [5.41, 5.74) is 0.434. The van der Waals surface area contributed by atoms with Gasteiger partial charge in [0.25, 0.3) is 5.24 Å². The predicted octanol–water partition coefficient (Wildman–Crippen LogP) is 0.0975. The highest BCUT2D eigenvalue weighted by molar-refractivity contribution is 8.14. The van der Waals surface area contributed by atoms with Crippen LogP contribution in [0, 0.1) is 0 Å². The van der Waals surface area contributed by atoms with Crippen molar-refractivity contribution in [1.82, 2.24) is 5.32 Å². The van der Waals surface area contributed by atoms with E-state index < -0.39 is 16.1 Å². The number of rotatable bonds is 3. The number of primary sulfonamides is 1. The Bertz CT molecular complexity index is 612. The van der Waals surface area contributed by atoms with Crippen molar-refractivity contribution in [3.8, 4) is 0 Å². The van der Waals surface area contributed by atoms with Crippen LogP contribution in [-0.4, -0.2) is 31.4 Å². The first-order chi connectivity index (χ1) is 8.86. The lowest BCUT2D eigenvalue weighted by molar-refractivity contribution is -0.117. The molecule has 1 aliphatic heterocycles. The fraction of sp³-hybridized carbons (Fsp3) is 0.200. The number of amides is 2. The number of sulfonamides is 1. The molecule has 0 aliphatic carbocycles. The summed E-state index contributed by atoms with van der Waals surface area (Å²) in [7, 11) is -3.74. The molecule has 9 heteroatoms. The van der Waals surface area contributed by atoms with Gasteiger partial charge in [0.1, 0.15) is 6.04 Å². The Morgan fingerprint density at radius 1 is 1.37 bits per heavy atom. The SMILES string of the molecule is NS(=O)(=O)c1ccc(NC(=O)C2CSC(=O)N2)cc1. The average molecular weight is 301 g/mol. The van der Waals surface area contributed by atoms with Gasteiger partial charge in [-0.3, -0.25) is 9.59 Å². The lowest BCUT2D eigenvalue weighted by Crippen LogP contribution is -2.38. The molecule has 2 rings (SSSR count). The fourth-order valence-corrected chi connectivity index (χ4v) is 2.78. The third kappa shape index (κ3) is 3.46. The monoisotopic (exact) mass is 301 g/mol. The fourth-order valence-electron chi connectivity index (χ4n) is 1.48. The van der Waals surface area contributed by atoms with Gasteiger partial charge in [-0.2, -0.15) is 0 Å². The molecular weight excluding hydrogens is 290 g/mol. The molecule has 0 radical (unpaired) electrons. The Morgan fingerprint density at radius 2 is 2.00 bits per heavy atom. The van der Waals surface area contributed by atoms with Gasteiger partial charge in [-0.15, -0.1) is 0 Å². The maximum atomic E-state index is 11.8. The van der Waals surface area contributed by atoms with E-state index in [1.807, 2.05) is 0 Å². The third-order valence-electron chi connectivity index (χ3n) is 2.44. The van der Waals surface area contributed by atoms with Gasteiger partial charge in [0.05, 0.1) is 4.90 Å². The minimum Gasteiger partial charge on any atom is -0.334 e. The molecule has 1 aromatic carbocycles. The van der Waals surface area contributed by atoms with Gasteiger partial charge in [0.15, 0.2) is 0 Å². The zero-order chi connectivity index (χ0) is 14.0. The molecule has 1 unspecified atom stereocenters. The molecule has 1 atom stereocenters. The van der Waals surface area contributed by atoms with E-state index in [4.69, 9.17) is 5.14 Å². The Balaban J connectivity index is 2.04. The van der Waals surface area contributed by atoms with E-state index in [9.17, 15) is 18.0 Å². The number of carbonyl (C=O) groups excluding carboxylic acids is 2. The second-order valence-corrected chi connectivity index (χ2v) is 6.41. The molecular formula is C10H11N3O4S2. The topological polar surface area (TPSA) is 118 Å². The van der Waals surface area contributed by atoms with Crippen LogP contribution in [0.4, 0.5) is 10.5 Å². The number of hydrogen-bond acceptors (Lipinski definition) is 5. The summed E-state index contributed by atoms with van der Waals surface area (Å²) in [5.74, 6) is 0.0293. The van der Waals surface area contributed by atoms with Crippen molar-refractivity contribution < 1.29 is 18.0 Å². The number of carbonyl (C=O) groups is 2. The third-order valence-corrected chi connectivity index (χ3v) is 4.25. The van der Waals surface area contributed by atoms with Gasteiger partial charge in [-0.1, -0.05) is 11.8 Å². The van der Waals surface area contributed by atoms with Crippen LogP contribution in [0.5, 0.6) is 0 Å². The van der Waals surface area contributed by atoms with Crippen LogP contribution in [0.3, 0.4) is 0 Å². The standard InChI is InChI=1S/C10H11N3O4S2/c11-19(16,17)7-3-1-6(2-4-7)12-9(14)8-5-18-10(15)13-8/h1-4,8H,5H2,(H,12,14)(H,13,15)(H2,11,16,17). The molecule has 4 N–H and O–H groups in total. The van der Waals surface area contributed by atoms with E-state index in [-0.39, 0.29) is 16.0 Å². The van der Waals surface area contributed by atoms with Crippen molar-refractivity contribution in [2.24, 2.45) is 5.14 Å². The van der Waals surface area contributed by atoms with E-state index in [1.54, 1.807) is 0 Å². The molecule has 0 spiro atoms. The molecule has 1 heterocycles. The smallest absolute Gasteiger partial charge is 0.279 e. The van der Waals surface area contributed by atoms with Gasteiger partial charge >= 0.3 is 0 Å². The maximum Gasteiger partial charge on any atom is 0.279 e. The second kappa shape index (κ2) is 5.19. The van der Waals surface area contributed by atoms with Crippen molar-refractivity contribution in [2.45, 2.75) is 10.9 Å². The summed E-state index contributed by atoms with van der Waals surface area (Å²) < 4.78 is 22.1. The summed E-state index contributed by atoms with van der Waals surface area (Å²) in [6.45, 7) is 0. The first-order valence-electron chi connectivity index (χ1n) is 5.23. The summed E-state index contributed by atoms with van der Waals surface area (Å²) in [5, 5.41) is 9.81. The lowest BCUT2D eigenvalue weighted by atomic mass is 10.2. The highest BCUT2D eigenvalue weighted by Gasteiger charge is 2.27. The minimum atomic E-state index is -3.74. The lowest BCUT2D eigenvalue weighted by Gasteiger charge is -2.10. The molecule has 1 aromatic rings. The van der Waals surface area contributed by atoms with Crippen LogP contribution in [0.2, 0.25) is 0 Å². The average Bonchev–Trinajstić information content (AvgIpc) is 2.75.